The summed E-state index contributed by atoms with van der Waals surface area (Å²) in [6, 6.07) is 0.689. The molecule has 0 amide bonds. The van der Waals surface area contributed by atoms with Crippen LogP contribution in [0, 0.1) is 5.41 Å². The average Bonchev–Trinajstić information content (AvgIpc) is 2.25. The van der Waals surface area contributed by atoms with E-state index < -0.39 is 0 Å². The molecule has 1 heterocycles. The molecule has 0 saturated carbocycles. The van der Waals surface area contributed by atoms with Crippen molar-refractivity contribution in [3.8, 4) is 0 Å². The Hall–Kier alpha value is -0.120. The lowest BCUT2D eigenvalue weighted by Crippen LogP contribution is -2.44. The minimum absolute atomic E-state index is 0.400. The first-order valence-corrected chi connectivity index (χ1v) is 6.89. The highest BCUT2D eigenvalue weighted by Crippen LogP contribution is 2.31. The summed E-state index contributed by atoms with van der Waals surface area (Å²) in [6.07, 6.45) is 2.54. The van der Waals surface area contributed by atoms with Gasteiger partial charge in [0.05, 0.1) is 13.2 Å². The van der Waals surface area contributed by atoms with Crippen LogP contribution in [0.3, 0.4) is 0 Å². The van der Waals surface area contributed by atoms with Crippen molar-refractivity contribution in [3.63, 3.8) is 0 Å². The van der Waals surface area contributed by atoms with Crippen LogP contribution >= 0.6 is 0 Å². The Morgan fingerprint density at radius 2 is 1.82 bits per heavy atom. The van der Waals surface area contributed by atoms with Gasteiger partial charge in [-0.3, -0.25) is 0 Å². The number of likely N-dealkylation sites (tertiary alicyclic amines) is 1. The van der Waals surface area contributed by atoms with E-state index in [1.807, 2.05) is 0 Å². The molecule has 102 valence electrons. The van der Waals surface area contributed by atoms with Gasteiger partial charge in [0.1, 0.15) is 0 Å². The predicted molar refractivity (Wildman–Crippen MR) is 73.4 cm³/mol. The van der Waals surface area contributed by atoms with Crippen molar-refractivity contribution in [3.05, 3.63) is 0 Å². The summed E-state index contributed by atoms with van der Waals surface area (Å²) in [6.45, 7) is 12.2. The van der Waals surface area contributed by atoms with E-state index in [1.165, 1.54) is 25.9 Å². The topological polar surface area (TPSA) is 15.7 Å². The number of hydrogen-bond donors (Lipinski definition) is 0. The molecule has 0 atom stereocenters. The molecule has 17 heavy (non-hydrogen) atoms. The van der Waals surface area contributed by atoms with Gasteiger partial charge in [-0.05, 0) is 59.3 Å². The van der Waals surface area contributed by atoms with Crippen molar-refractivity contribution in [2.45, 2.75) is 39.7 Å². The Bertz CT molecular complexity index is 208. The largest absolute Gasteiger partial charge is 0.380 e. The van der Waals surface area contributed by atoms with Gasteiger partial charge < -0.3 is 14.5 Å². The lowest BCUT2D eigenvalue weighted by molar-refractivity contribution is 0.00149. The number of ether oxygens (including phenoxy) is 1. The Morgan fingerprint density at radius 3 is 2.29 bits per heavy atom. The molecule has 0 unspecified atom stereocenters. The lowest BCUT2D eigenvalue weighted by Gasteiger charge is -2.41. The maximum atomic E-state index is 5.82. The van der Waals surface area contributed by atoms with Crippen molar-refractivity contribution in [2.24, 2.45) is 5.41 Å². The van der Waals surface area contributed by atoms with Crippen LogP contribution in [-0.2, 0) is 4.74 Å². The first-order valence-electron chi connectivity index (χ1n) is 6.89. The van der Waals surface area contributed by atoms with Crippen molar-refractivity contribution < 1.29 is 4.74 Å². The van der Waals surface area contributed by atoms with E-state index in [-0.39, 0.29) is 0 Å². The summed E-state index contributed by atoms with van der Waals surface area (Å²) in [4.78, 5) is 4.74. The summed E-state index contributed by atoms with van der Waals surface area (Å²) in [5.74, 6) is 0. The predicted octanol–water partition coefficient (Wildman–Crippen LogP) is 2.08. The van der Waals surface area contributed by atoms with Gasteiger partial charge in [-0.15, -0.1) is 0 Å². The molecule has 0 aromatic rings. The fourth-order valence-electron chi connectivity index (χ4n) is 2.29. The lowest BCUT2D eigenvalue weighted by atomic mass is 9.81. The maximum absolute atomic E-state index is 5.82. The highest BCUT2D eigenvalue weighted by molar-refractivity contribution is 4.83. The first kappa shape index (κ1) is 14.9. The van der Waals surface area contributed by atoms with Gasteiger partial charge in [0.15, 0.2) is 0 Å². The number of piperidine rings is 1. The van der Waals surface area contributed by atoms with E-state index in [4.69, 9.17) is 4.74 Å². The average molecular weight is 242 g/mol. The third-order valence-corrected chi connectivity index (χ3v) is 3.87. The quantitative estimate of drug-likeness (QED) is 0.663. The molecule has 1 saturated heterocycles. The highest BCUT2D eigenvalue weighted by Gasteiger charge is 2.30. The molecule has 1 aliphatic rings. The Kier molecular flexibility index (Phi) is 5.90. The highest BCUT2D eigenvalue weighted by atomic mass is 16.5. The molecule has 3 heteroatoms. The Balaban J connectivity index is 2.20. The zero-order valence-electron chi connectivity index (χ0n) is 12.3. The molecule has 0 aromatic carbocycles. The van der Waals surface area contributed by atoms with Gasteiger partial charge in [0, 0.05) is 12.6 Å². The molecule has 3 nitrogen and oxygen atoms in total. The van der Waals surface area contributed by atoms with E-state index in [2.05, 4.69) is 44.7 Å². The summed E-state index contributed by atoms with van der Waals surface area (Å²) < 4.78 is 5.82. The Labute approximate surface area is 107 Å². The third kappa shape index (κ3) is 5.36. The van der Waals surface area contributed by atoms with E-state index >= 15 is 0 Å². The van der Waals surface area contributed by atoms with E-state index in [1.54, 1.807) is 0 Å². The summed E-state index contributed by atoms with van der Waals surface area (Å²) in [5.41, 5.74) is 0.400. The number of hydrogen-bond acceptors (Lipinski definition) is 3. The maximum Gasteiger partial charge on any atom is 0.0593 e. The SMILES string of the molecule is CC(C)N1CCC(C)(COCCN(C)C)CC1. The zero-order chi connectivity index (χ0) is 12.9. The zero-order valence-corrected chi connectivity index (χ0v) is 12.3. The molecule has 1 rings (SSSR count). The van der Waals surface area contributed by atoms with Crippen LogP contribution in [0.1, 0.15) is 33.6 Å². The molecule has 0 aromatic heterocycles. The van der Waals surface area contributed by atoms with E-state index in [0.29, 0.717) is 11.5 Å². The standard InChI is InChI=1S/C14H30N2O/c1-13(2)16-8-6-14(3,7-9-16)12-17-11-10-15(4)5/h13H,6-12H2,1-5H3. The number of likely N-dealkylation sites (N-methyl/N-ethyl adjacent to an activating group) is 1. The third-order valence-electron chi connectivity index (χ3n) is 3.87. The van der Waals surface area contributed by atoms with Gasteiger partial charge in [-0.1, -0.05) is 6.92 Å². The van der Waals surface area contributed by atoms with Crippen LogP contribution in [0.2, 0.25) is 0 Å². The van der Waals surface area contributed by atoms with E-state index in [0.717, 1.165) is 19.8 Å². The molecule has 1 fully saturated rings. The normalized spacial score (nSPS) is 21.4. The first-order chi connectivity index (χ1) is 7.93. The number of nitrogens with zero attached hydrogens (tertiary/aromatic N) is 2. The van der Waals surface area contributed by atoms with Crippen molar-refractivity contribution in [1.29, 1.82) is 0 Å². The van der Waals surface area contributed by atoms with Crippen LogP contribution in [-0.4, -0.2) is 62.8 Å². The van der Waals surface area contributed by atoms with Crippen molar-refractivity contribution in [1.82, 2.24) is 9.80 Å². The van der Waals surface area contributed by atoms with Gasteiger partial charge in [-0.25, -0.2) is 0 Å². The smallest absolute Gasteiger partial charge is 0.0593 e. The van der Waals surface area contributed by atoms with Gasteiger partial charge >= 0.3 is 0 Å². The molecular formula is C14H30N2O. The second-order valence-corrected chi connectivity index (χ2v) is 6.30. The van der Waals surface area contributed by atoms with Crippen LogP contribution in [0.15, 0.2) is 0 Å². The van der Waals surface area contributed by atoms with Crippen molar-refractivity contribution in [2.75, 3.05) is 46.9 Å². The van der Waals surface area contributed by atoms with Crippen molar-refractivity contribution >= 4 is 0 Å². The number of rotatable bonds is 6. The summed E-state index contributed by atoms with van der Waals surface area (Å²) in [5, 5.41) is 0. The molecule has 0 radical (unpaired) electrons. The van der Waals surface area contributed by atoms with Crippen LogP contribution in [0.4, 0.5) is 0 Å². The van der Waals surface area contributed by atoms with E-state index in [9.17, 15) is 0 Å². The minimum atomic E-state index is 0.400. The summed E-state index contributed by atoms with van der Waals surface area (Å²) in [7, 11) is 4.18. The Morgan fingerprint density at radius 1 is 1.24 bits per heavy atom. The van der Waals surface area contributed by atoms with Gasteiger partial charge in [0.2, 0.25) is 0 Å². The molecule has 0 N–H and O–H groups in total. The molecule has 0 spiro atoms. The molecule has 1 aliphatic heterocycles. The van der Waals surface area contributed by atoms with Crippen LogP contribution in [0.25, 0.3) is 0 Å². The fraction of sp³-hybridized carbons (Fsp3) is 1.00. The molecule has 0 bridgehead atoms. The van der Waals surface area contributed by atoms with Crippen LogP contribution < -0.4 is 0 Å². The van der Waals surface area contributed by atoms with Gasteiger partial charge in [0.25, 0.3) is 0 Å². The summed E-state index contributed by atoms with van der Waals surface area (Å²) >= 11 is 0. The van der Waals surface area contributed by atoms with Crippen LogP contribution in [0.5, 0.6) is 0 Å². The fourth-order valence-corrected chi connectivity index (χ4v) is 2.29. The van der Waals surface area contributed by atoms with Gasteiger partial charge in [-0.2, -0.15) is 0 Å². The second-order valence-electron chi connectivity index (χ2n) is 6.30. The monoisotopic (exact) mass is 242 g/mol. The minimum Gasteiger partial charge on any atom is -0.380 e. The molecular weight excluding hydrogens is 212 g/mol. The molecule has 0 aliphatic carbocycles. The second kappa shape index (κ2) is 6.72.